The normalized spacial score (nSPS) is 15.2. The molecule has 0 aromatic carbocycles. The van der Waals surface area contributed by atoms with E-state index < -0.39 is 65.4 Å². The van der Waals surface area contributed by atoms with Gasteiger partial charge >= 0.3 is 11.9 Å². The Morgan fingerprint density at radius 2 is 0.778 bits per heavy atom. The number of amides is 8. The number of esters is 1. The van der Waals surface area contributed by atoms with E-state index in [9.17, 15) is 52.7 Å². The summed E-state index contributed by atoms with van der Waals surface area (Å²) in [6.45, 7) is 11.0. The maximum atomic E-state index is 12.3. The smallest absolute Gasteiger partial charge is 0.306 e. The Morgan fingerprint density at radius 3 is 1.04 bits per heavy atom. The second-order valence-corrected chi connectivity index (χ2v) is 21.2. The van der Waals surface area contributed by atoms with Gasteiger partial charge in [-0.25, -0.2) is 0 Å². The van der Waals surface area contributed by atoms with Gasteiger partial charge in [-0.05, 0) is 127 Å². The van der Waals surface area contributed by atoms with Crippen molar-refractivity contribution in [2.45, 2.75) is 200 Å². The molecule has 3 saturated heterocycles. The predicted octanol–water partition coefficient (Wildman–Crippen LogP) is 11.8. The minimum Gasteiger partial charge on any atom is -0.481 e. The van der Waals surface area contributed by atoms with Crippen LogP contribution in [0.4, 0.5) is 0 Å². The molecule has 3 atom stereocenters. The van der Waals surface area contributed by atoms with Crippen molar-refractivity contribution >= 4 is 99.2 Å². The van der Waals surface area contributed by atoms with E-state index in [1.807, 2.05) is 31.2 Å². The molecule has 0 aromatic rings. The number of allylic oxidation sites excluding steroid dienone is 20. The van der Waals surface area contributed by atoms with Gasteiger partial charge in [-0.2, -0.15) is 0 Å². The Balaban J connectivity index is 0. The summed E-state index contributed by atoms with van der Waals surface area (Å²) in [5.74, 6) is -4.23. The molecule has 3 fully saturated rings. The first-order chi connectivity index (χ1) is 43.3. The third-order valence-electron chi connectivity index (χ3n) is 13.0. The van der Waals surface area contributed by atoms with Crippen LogP contribution < -0.4 is 16.4 Å². The molecule has 90 heavy (non-hydrogen) atoms. The van der Waals surface area contributed by atoms with Crippen LogP contribution in [0.25, 0.3) is 0 Å². The lowest BCUT2D eigenvalue weighted by Gasteiger charge is -2.25. The molecule has 8 amide bonds. The van der Waals surface area contributed by atoms with Crippen LogP contribution >= 0.6 is 34.8 Å². The molecular formula is C68H101Cl3N6O13. The van der Waals surface area contributed by atoms with Crippen LogP contribution in [-0.2, 0) is 57.5 Å². The van der Waals surface area contributed by atoms with Gasteiger partial charge in [-0.15, -0.1) is 23.2 Å². The number of hydrogen-bond donors (Lipinski definition) is 4. The second-order valence-electron chi connectivity index (χ2n) is 20.2. The molecule has 0 radical (unpaired) electrons. The number of rotatable bonds is 37. The fourth-order valence-corrected chi connectivity index (χ4v) is 8.61. The summed E-state index contributed by atoms with van der Waals surface area (Å²) in [4.78, 5) is 128. The molecular weight excluding hydrogens is 1220 g/mol. The third kappa shape index (κ3) is 46.2. The van der Waals surface area contributed by atoms with E-state index in [4.69, 9.17) is 50.4 Å². The zero-order valence-electron chi connectivity index (χ0n) is 53.7. The summed E-state index contributed by atoms with van der Waals surface area (Å²) in [5, 5.41) is 12.4. The molecule has 0 aromatic heterocycles. The number of primary amides is 1. The average molecular weight is 1320 g/mol. The van der Waals surface area contributed by atoms with Gasteiger partial charge in [0, 0.05) is 51.7 Å². The maximum Gasteiger partial charge on any atom is 0.306 e. The first kappa shape index (κ1) is 85.1. The van der Waals surface area contributed by atoms with Crippen molar-refractivity contribution in [1.82, 2.24) is 25.3 Å². The zero-order chi connectivity index (χ0) is 67.6. The molecule has 0 spiro atoms. The van der Waals surface area contributed by atoms with E-state index in [1.165, 1.54) is 9.80 Å². The van der Waals surface area contributed by atoms with Gasteiger partial charge in [0.05, 0.1) is 5.88 Å². The Bertz CT molecular complexity index is 2470. The van der Waals surface area contributed by atoms with Gasteiger partial charge in [0.1, 0.15) is 24.0 Å². The maximum absolute atomic E-state index is 12.3. The predicted molar refractivity (Wildman–Crippen MR) is 359 cm³/mol. The highest BCUT2D eigenvalue weighted by molar-refractivity contribution is 6.67. The quantitative estimate of drug-likeness (QED) is 0.0195. The number of imide groups is 2. The highest BCUT2D eigenvalue weighted by Crippen LogP contribution is 2.18. The number of carbonyl (C=O) groups is 11. The SMILES string of the molecule is CC/C=C\C/C=C\C/C=C\C/C=C\C/C=C\CCC(=O)O.CC/C=C\C/C=C\C/C=C\C/C=C\C/C=C\CCC(=O)OCC(=O)NC(=O)[C@H](CC)N1CCCC1=O.CC[C@@H](C(=O)NC(=O)CCl)N1CCCC1=O.CC[C@@H](C(N)=O)N1CCCC1=O.O=C(Cl)CCl. The number of ether oxygens (including phenoxy) is 1. The van der Waals surface area contributed by atoms with E-state index in [-0.39, 0.29) is 48.4 Å². The van der Waals surface area contributed by atoms with Crippen LogP contribution in [0.3, 0.4) is 0 Å². The number of carboxylic acids is 1. The number of likely N-dealkylation sites (tertiary alicyclic amines) is 3. The monoisotopic (exact) mass is 1310 g/mol. The number of halogens is 3. The highest BCUT2D eigenvalue weighted by Gasteiger charge is 2.34. The molecule has 19 nitrogen and oxygen atoms in total. The van der Waals surface area contributed by atoms with Crippen molar-refractivity contribution in [2.24, 2.45) is 5.73 Å². The fraction of sp³-hybridized carbons (Fsp3) is 0.544. The number of hydrogen-bond acceptors (Lipinski definition) is 12. The minimum absolute atomic E-state index is 0.0275. The van der Waals surface area contributed by atoms with E-state index >= 15 is 0 Å². The van der Waals surface area contributed by atoms with E-state index in [2.05, 4.69) is 122 Å². The lowest BCUT2D eigenvalue weighted by molar-refractivity contribution is -0.150. The molecule has 22 heteroatoms. The van der Waals surface area contributed by atoms with Crippen LogP contribution in [0, 0.1) is 0 Å². The van der Waals surface area contributed by atoms with Crippen LogP contribution in [0.1, 0.15) is 182 Å². The minimum atomic E-state index is -0.740. The molecule has 0 aliphatic carbocycles. The zero-order valence-corrected chi connectivity index (χ0v) is 56.0. The van der Waals surface area contributed by atoms with Crippen molar-refractivity contribution in [3.8, 4) is 0 Å². The molecule has 0 bridgehead atoms. The van der Waals surface area contributed by atoms with E-state index in [0.29, 0.717) is 77.4 Å². The van der Waals surface area contributed by atoms with Crippen LogP contribution in [0.5, 0.6) is 0 Å². The first-order valence-electron chi connectivity index (χ1n) is 31.3. The standard InChI is InChI=1S/C29H42N2O5.C19H28O2.C10H15ClN2O3.C8H14N2O2.C2H2Cl2O/c1-3-5-6-7-8-9-10-11-12-13-14-15-16-17-18-19-22-28(34)36-24-26(32)30-29(35)25(4-2)31-23-20-21-27(31)33;1-2-3-4-5-6-7-8-9-10-11-12-13-14-15-16-17-18-19(20)21;1-2-7(10(16)12-8(14)6-11)13-5-3-4-9(13)15;1-2-6(8(9)12)10-5-3-4-7(10)11;3-1-2(4)5/h5-6,8-9,11-12,14-15,17-18,25H,3-4,7,10,13,16,19-24H2,1-2H3,(H,30,32,35);3-4,6-7,9-10,12-13,15-16H,2,5,8,11,14,17-18H2,1H3,(H,20,21);7H,2-6H2,1H3,(H,12,14,16);6H,2-5H2,1H3,(H2,9,12);1H2/b6-5-,9-8-,12-11-,15-14-,18-17-;4-3-,7-6-,10-9-,13-12-,16-15-;;;/t25-;;7-;6-;/m0.00./s1. The molecule has 3 aliphatic heterocycles. The number of nitrogens with one attached hydrogen (secondary N) is 2. The number of carbonyl (C=O) groups excluding carboxylic acids is 10. The summed E-state index contributed by atoms with van der Waals surface area (Å²) in [5.41, 5.74) is 5.16. The number of aliphatic carboxylic acids is 1. The Kier molecular flexibility index (Phi) is 55.2. The molecule has 502 valence electrons. The highest BCUT2D eigenvalue weighted by atomic mass is 35.5. The second kappa shape index (κ2) is 58.4. The van der Waals surface area contributed by atoms with Gasteiger partial charge in [-0.1, -0.05) is 156 Å². The van der Waals surface area contributed by atoms with Gasteiger partial charge < -0.3 is 30.3 Å². The average Bonchev–Trinajstić information content (AvgIpc) is 2.41. The lowest BCUT2D eigenvalue weighted by Crippen LogP contribution is -2.49. The third-order valence-corrected chi connectivity index (χ3v) is 13.8. The molecule has 5 N–H and O–H groups in total. The van der Waals surface area contributed by atoms with E-state index in [1.54, 1.807) is 18.7 Å². The summed E-state index contributed by atoms with van der Waals surface area (Å²) in [6.07, 6.45) is 58.7. The number of nitrogens with zero attached hydrogens (tertiary/aromatic N) is 3. The number of nitrogens with two attached hydrogens (primary N) is 1. The topological polar surface area (TPSA) is 277 Å². The first-order valence-corrected chi connectivity index (χ1v) is 32.8. The van der Waals surface area contributed by atoms with Crippen LogP contribution in [0.15, 0.2) is 122 Å². The Hall–Kier alpha value is -6.96. The van der Waals surface area contributed by atoms with Crippen molar-refractivity contribution in [2.75, 3.05) is 38.0 Å². The summed E-state index contributed by atoms with van der Waals surface area (Å²) < 4.78 is 4.94. The van der Waals surface area contributed by atoms with Gasteiger partial charge in [0.15, 0.2) is 6.61 Å². The van der Waals surface area contributed by atoms with Crippen molar-refractivity contribution in [3.63, 3.8) is 0 Å². The van der Waals surface area contributed by atoms with Gasteiger partial charge in [-0.3, -0.25) is 63.4 Å². The van der Waals surface area contributed by atoms with Gasteiger partial charge in [0.25, 0.3) is 5.91 Å². The molecule has 0 unspecified atom stereocenters. The molecule has 3 heterocycles. The van der Waals surface area contributed by atoms with Crippen LogP contribution in [0.2, 0.25) is 0 Å². The van der Waals surface area contributed by atoms with Gasteiger partial charge in [0.2, 0.25) is 46.6 Å². The lowest BCUT2D eigenvalue weighted by atomic mass is 10.2. The Labute approximate surface area is 550 Å². The number of alkyl halides is 2. The molecule has 3 aliphatic rings. The molecule has 0 saturated carbocycles. The molecule has 3 rings (SSSR count). The van der Waals surface area contributed by atoms with E-state index in [0.717, 1.165) is 77.0 Å². The summed E-state index contributed by atoms with van der Waals surface area (Å²) in [6, 6.07) is -1.61. The van der Waals surface area contributed by atoms with Crippen molar-refractivity contribution in [1.29, 1.82) is 0 Å². The number of carboxylic acid groups (broad SMARTS) is 1. The fourth-order valence-electron chi connectivity index (χ4n) is 8.54. The Morgan fingerprint density at radius 1 is 0.478 bits per heavy atom. The summed E-state index contributed by atoms with van der Waals surface area (Å²) in [7, 11) is 0. The van der Waals surface area contributed by atoms with Crippen molar-refractivity contribution in [3.05, 3.63) is 122 Å². The van der Waals surface area contributed by atoms with Crippen molar-refractivity contribution < 1.29 is 62.6 Å². The van der Waals surface area contributed by atoms with Crippen LogP contribution in [-0.4, -0.2) is 140 Å². The largest absolute Gasteiger partial charge is 0.481 e. The summed E-state index contributed by atoms with van der Waals surface area (Å²) >= 11 is 14.8.